The topological polar surface area (TPSA) is 141 Å². The van der Waals surface area contributed by atoms with Gasteiger partial charge in [-0.2, -0.15) is 9.90 Å². The van der Waals surface area contributed by atoms with E-state index in [0.29, 0.717) is 22.9 Å². The molecule has 11 heteroatoms. The molecule has 11 nitrogen and oxygen atoms in total. The number of aromatic nitrogens is 4. The second-order valence-corrected chi connectivity index (χ2v) is 6.31. The standard InChI is InChI=1S/C20H15N7O4/c28-19(13-26-24-20(23-25-26)14-5-2-1-3-6-14)22-21-12-17-9-10-18(31-17)15-7-4-8-16(11-15)27(29)30/h1-12H,13H2,(H,22,28)/b21-12-. The van der Waals surface area contributed by atoms with Gasteiger partial charge in [-0.25, -0.2) is 5.43 Å². The van der Waals surface area contributed by atoms with Crippen LogP contribution in [0.3, 0.4) is 0 Å². The summed E-state index contributed by atoms with van der Waals surface area (Å²) < 4.78 is 5.59. The summed E-state index contributed by atoms with van der Waals surface area (Å²) in [6, 6.07) is 18.7. The first-order valence-electron chi connectivity index (χ1n) is 9.08. The van der Waals surface area contributed by atoms with Crippen molar-refractivity contribution in [3.63, 3.8) is 0 Å². The lowest BCUT2D eigenvalue weighted by atomic mass is 10.1. The molecule has 2 heterocycles. The number of nitro groups is 1. The number of hydrogen-bond acceptors (Lipinski definition) is 8. The SMILES string of the molecule is O=C(Cn1nnc(-c2ccccc2)n1)N/N=C\c1ccc(-c2cccc([N+](=O)[O-])c2)o1. The van der Waals surface area contributed by atoms with E-state index in [1.54, 1.807) is 24.3 Å². The number of carbonyl (C=O) groups is 1. The first-order valence-corrected chi connectivity index (χ1v) is 9.08. The molecule has 4 rings (SSSR count). The summed E-state index contributed by atoms with van der Waals surface area (Å²) in [5, 5.41) is 26.7. The summed E-state index contributed by atoms with van der Waals surface area (Å²) in [5.41, 5.74) is 3.68. The van der Waals surface area contributed by atoms with Crippen molar-refractivity contribution >= 4 is 17.8 Å². The van der Waals surface area contributed by atoms with E-state index >= 15 is 0 Å². The van der Waals surface area contributed by atoms with Gasteiger partial charge in [-0.3, -0.25) is 14.9 Å². The van der Waals surface area contributed by atoms with Gasteiger partial charge in [0.2, 0.25) is 5.82 Å². The van der Waals surface area contributed by atoms with Crippen LogP contribution in [0, 0.1) is 10.1 Å². The Hall–Kier alpha value is -4.67. The fourth-order valence-corrected chi connectivity index (χ4v) is 2.69. The normalized spacial score (nSPS) is 11.0. The fraction of sp³-hybridized carbons (Fsp3) is 0.0500. The quantitative estimate of drug-likeness (QED) is 0.277. The Balaban J connectivity index is 1.34. The molecular formula is C20H15N7O4. The number of nitrogens with zero attached hydrogens (tertiary/aromatic N) is 6. The van der Waals surface area contributed by atoms with Gasteiger partial charge < -0.3 is 4.42 Å². The van der Waals surface area contributed by atoms with Gasteiger partial charge in [0.05, 0.1) is 11.1 Å². The molecule has 2 aromatic carbocycles. The van der Waals surface area contributed by atoms with Crippen LogP contribution in [0.5, 0.6) is 0 Å². The number of amides is 1. The maximum atomic E-state index is 12.0. The molecule has 154 valence electrons. The average molecular weight is 417 g/mol. The second kappa shape index (κ2) is 8.78. The highest BCUT2D eigenvalue weighted by Gasteiger charge is 2.11. The maximum Gasteiger partial charge on any atom is 0.270 e. The number of carbonyl (C=O) groups excluding carboxylic acids is 1. The lowest BCUT2D eigenvalue weighted by Crippen LogP contribution is -2.24. The van der Waals surface area contributed by atoms with Crippen molar-refractivity contribution in [1.82, 2.24) is 25.6 Å². The van der Waals surface area contributed by atoms with E-state index in [4.69, 9.17) is 4.42 Å². The molecule has 31 heavy (non-hydrogen) atoms. The summed E-state index contributed by atoms with van der Waals surface area (Å²) in [6.07, 6.45) is 1.32. The minimum Gasteiger partial charge on any atom is -0.455 e. The molecule has 0 radical (unpaired) electrons. The van der Waals surface area contributed by atoms with E-state index in [0.717, 1.165) is 5.56 Å². The Kier molecular flexibility index (Phi) is 5.56. The molecule has 0 aliphatic heterocycles. The lowest BCUT2D eigenvalue weighted by Gasteiger charge is -1.98. The first kappa shape index (κ1) is 19.6. The third-order valence-electron chi connectivity index (χ3n) is 4.12. The van der Waals surface area contributed by atoms with Crippen molar-refractivity contribution in [2.24, 2.45) is 5.10 Å². The minimum atomic E-state index is -0.475. The first-order chi connectivity index (χ1) is 15.1. The zero-order chi connectivity index (χ0) is 21.6. The van der Waals surface area contributed by atoms with Crippen LogP contribution < -0.4 is 5.43 Å². The molecule has 0 fully saturated rings. The number of nitrogens with one attached hydrogen (secondary N) is 1. The largest absolute Gasteiger partial charge is 0.455 e. The molecule has 0 aliphatic rings. The average Bonchev–Trinajstić information content (AvgIpc) is 3.44. The number of hydrogen-bond donors (Lipinski definition) is 1. The van der Waals surface area contributed by atoms with E-state index in [2.05, 4.69) is 25.9 Å². The molecule has 2 aromatic heterocycles. The minimum absolute atomic E-state index is 0.0338. The van der Waals surface area contributed by atoms with Crippen molar-refractivity contribution in [1.29, 1.82) is 0 Å². The Morgan fingerprint density at radius 3 is 2.74 bits per heavy atom. The number of tetrazole rings is 1. The highest BCUT2D eigenvalue weighted by atomic mass is 16.6. The lowest BCUT2D eigenvalue weighted by molar-refractivity contribution is -0.384. The summed E-state index contributed by atoms with van der Waals surface area (Å²) in [7, 11) is 0. The highest BCUT2D eigenvalue weighted by Crippen LogP contribution is 2.25. The van der Waals surface area contributed by atoms with Crippen LogP contribution >= 0.6 is 0 Å². The van der Waals surface area contributed by atoms with Crippen molar-refractivity contribution in [2.75, 3.05) is 0 Å². The summed E-state index contributed by atoms with van der Waals surface area (Å²) in [5.74, 6) is 0.781. The molecule has 1 amide bonds. The summed E-state index contributed by atoms with van der Waals surface area (Å²) in [6.45, 7) is -0.158. The van der Waals surface area contributed by atoms with Gasteiger partial charge in [0.25, 0.3) is 11.6 Å². The number of benzene rings is 2. The van der Waals surface area contributed by atoms with Crippen LogP contribution in [0.25, 0.3) is 22.7 Å². The van der Waals surface area contributed by atoms with E-state index in [1.165, 1.54) is 23.1 Å². The molecule has 0 unspecified atom stereocenters. The Morgan fingerprint density at radius 1 is 1.13 bits per heavy atom. The second-order valence-electron chi connectivity index (χ2n) is 6.31. The van der Waals surface area contributed by atoms with Crippen molar-refractivity contribution in [3.05, 3.63) is 82.6 Å². The van der Waals surface area contributed by atoms with Gasteiger partial charge >= 0.3 is 0 Å². The fourth-order valence-electron chi connectivity index (χ4n) is 2.69. The smallest absolute Gasteiger partial charge is 0.270 e. The van der Waals surface area contributed by atoms with E-state index in [1.807, 2.05) is 30.3 Å². The monoisotopic (exact) mass is 417 g/mol. The molecule has 0 bridgehead atoms. The van der Waals surface area contributed by atoms with Crippen LogP contribution in [0.15, 0.2) is 76.2 Å². The molecule has 0 atom stereocenters. The molecule has 0 saturated carbocycles. The highest BCUT2D eigenvalue weighted by molar-refractivity contribution is 5.81. The van der Waals surface area contributed by atoms with Gasteiger partial charge in [-0.15, -0.1) is 10.2 Å². The van der Waals surface area contributed by atoms with Crippen LogP contribution in [0.4, 0.5) is 5.69 Å². The number of hydrazone groups is 1. The third-order valence-corrected chi connectivity index (χ3v) is 4.12. The van der Waals surface area contributed by atoms with Crippen molar-refractivity contribution < 1.29 is 14.1 Å². The number of nitro benzene ring substituents is 1. The molecule has 4 aromatic rings. The summed E-state index contributed by atoms with van der Waals surface area (Å²) in [4.78, 5) is 23.6. The molecule has 0 spiro atoms. The molecule has 1 N–H and O–H groups in total. The van der Waals surface area contributed by atoms with E-state index in [9.17, 15) is 14.9 Å². The summed E-state index contributed by atoms with van der Waals surface area (Å²) >= 11 is 0. The van der Waals surface area contributed by atoms with Gasteiger partial charge in [0, 0.05) is 23.3 Å². The number of furan rings is 1. The van der Waals surface area contributed by atoms with Crippen molar-refractivity contribution in [3.8, 4) is 22.7 Å². The van der Waals surface area contributed by atoms with E-state index in [-0.39, 0.29) is 12.2 Å². The maximum absolute atomic E-state index is 12.0. The van der Waals surface area contributed by atoms with E-state index < -0.39 is 10.8 Å². The third kappa shape index (κ3) is 4.85. The Morgan fingerprint density at radius 2 is 1.94 bits per heavy atom. The van der Waals surface area contributed by atoms with Gasteiger partial charge in [0.15, 0.2) is 0 Å². The zero-order valence-electron chi connectivity index (χ0n) is 16.0. The van der Waals surface area contributed by atoms with Crippen LogP contribution in [0.1, 0.15) is 5.76 Å². The number of rotatable bonds is 7. The predicted octanol–water partition coefficient (Wildman–Crippen LogP) is 2.66. The van der Waals surface area contributed by atoms with Crippen LogP contribution in [-0.4, -0.2) is 37.3 Å². The predicted molar refractivity (Wildman–Crippen MR) is 110 cm³/mol. The van der Waals surface area contributed by atoms with Crippen LogP contribution in [-0.2, 0) is 11.3 Å². The molecule has 0 saturated heterocycles. The Labute approximate surface area is 175 Å². The van der Waals surface area contributed by atoms with Crippen molar-refractivity contribution in [2.45, 2.75) is 6.54 Å². The van der Waals surface area contributed by atoms with Gasteiger partial charge in [0.1, 0.15) is 18.1 Å². The Bertz CT molecular complexity index is 1250. The van der Waals surface area contributed by atoms with Gasteiger partial charge in [-0.05, 0) is 17.3 Å². The molecule has 0 aliphatic carbocycles. The van der Waals surface area contributed by atoms with Crippen LogP contribution in [0.2, 0.25) is 0 Å². The molecular weight excluding hydrogens is 402 g/mol. The van der Waals surface area contributed by atoms with Gasteiger partial charge in [-0.1, -0.05) is 42.5 Å². The zero-order valence-corrected chi connectivity index (χ0v) is 16.0. The number of non-ortho nitro benzene ring substituents is 1.